The quantitative estimate of drug-likeness (QED) is 0.706. The molecule has 5 nitrogen and oxygen atoms in total. The Balaban J connectivity index is 1.05. The summed E-state index contributed by atoms with van der Waals surface area (Å²) in [5.41, 5.74) is 1.61. The van der Waals surface area contributed by atoms with Crippen molar-refractivity contribution >= 4 is 5.69 Å². The van der Waals surface area contributed by atoms with Crippen LogP contribution in [0.5, 0.6) is 5.75 Å². The summed E-state index contributed by atoms with van der Waals surface area (Å²) >= 11 is 0. The minimum atomic E-state index is -0.392. The SMILES string of the molecule is COc1ccccc1N1CCN(C[C@H](O)COCC23CC4CC(CC(C4)C2)C3)CC1. The van der Waals surface area contributed by atoms with Crippen LogP contribution in [-0.2, 0) is 4.74 Å². The summed E-state index contributed by atoms with van der Waals surface area (Å²) in [6.45, 7) is 5.90. The van der Waals surface area contributed by atoms with Crippen LogP contribution in [0, 0.1) is 23.2 Å². The maximum Gasteiger partial charge on any atom is 0.142 e. The molecule has 0 spiro atoms. The Morgan fingerprint density at radius 2 is 1.63 bits per heavy atom. The molecule has 0 unspecified atom stereocenters. The summed E-state index contributed by atoms with van der Waals surface area (Å²) in [4.78, 5) is 4.75. The lowest BCUT2D eigenvalue weighted by Gasteiger charge is -2.56. The number of nitrogens with zero attached hydrogens (tertiary/aromatic N) is 2. The zero-order valence-electron chi connectivity index (χ0n) is 18.5. The van der Waals surface area contributed by atoms with Gasteiger partial charge in [0.1, 0.15) is 5.75 Å². The van der Waals surface area contributed by atoms with Crippen molar-refractivity contribution in [3.63, 3.8) is 0 Å². The number of aliphatic hydroxyl groups excluding tert-OH is 1. The molecule has 1 N–H and O–H groups in total. The number of para-hydroxylation sites is 2. The molecule has 0 radical (unpaired) electrons. The molecule has 0 aromatic heterocycles. The van der Waals surface area contributed by atoms with Gasteiger partial charge in [-0.15, -0.1) is 0 Å². The Morgan fingerprint density at radius 1 is 1.00 bits per heavy atom. The van der Waals surface area contributed by atoms with E-state index in [9.17, 15) is 5.11 Å². The number of piperazine rings is 1. The van der Waals surface area contributed by atoms with E-state index in [0.717, 1.165) is 56.3 Å². The van der Waals surface area contributed by atoms with Gasteiger partial charge in [-0.25, -0.2) is 0 Å². The number of rotatable bonds is 8. The number of hydrogen-bond donors (Lipinski definition) is 1. The molecule has 30 heavy (non-hydrogen) atoms. The molecule has 5 fully saturated rings. The summed E-state index contributed by atoms with van der Waals surface area (Å²) in [5.74, 6) is 3.82. The van der Waals surface area contributed by atoms with Gasteiger partial charge in [0.25, 0.3) is 0 Å². The standard InChI is InChI=1S/C25H38N2O3/c1-29-24-5-3-2-4-23(24)27-8-6-26(7-9-27)16-22(28)17-30-18-25-13-19-10-20(14-25)12-21(11-19)15-25/h2-5,19-22,28H,6-18H2,1H3/t19?,20?,21?,22-,25?/m0/s1. The van der Waals surface area contributed by atoms with E-state index in [0.29, 0.717) is 18.6 Å². The fourth-order valence-corrected chi connectivity index (χ4v) is 7.29. The minimum Gasteiger partial charge on any atom is -0.495 e. The second-order valence-electron chi connectivity index (χ2n) is 10.5. The van der Waals surface area contributed by atoms with Crippen LogP contribution in [0.3, 0.4) is 0 Å². The van der Waals surface area contributed by atoms with Crippen molar-refractivity contribution in [2.45, 2.75) is 44.6 Å². The van der Waals surface area contributed by atoms with Crippen molar-refractivity contribution in [2.75, 3.05) is 57.9 Å². The first kappa shape index (κ1) is 20.6. The molecule has 1 saturated heterocycles. The number of anilines is 1. The summed E-state index contributed by atoms with van der Waals surface area (Å²) < 4.78 is 11.6. The van der Waals surface area contributed by atoms with Crippen LogP contribution in [-0.4, -0.2) is 69.2 Å². The van der Waals surface area contributed by atoms with Crippen molar-refractivity contribution in [3.05, 3.63) is 24.3 Å². The van der Waals surface area contributed by atoms with Gasteiger partial charge in [-0.1, -0.05) is 12.1 Å². The highest BCUT2D eigenvalue weighted by molar-refractivity contribution is 5.58. The molecule has 1 aromatic carbocycles. The maximum atomic E-state index is 10.6. The minimum absolute atomic E-state index is 0.392. The van der Waals surface area contributed by atoms with Crippen LogP contribution < -0.4 is 9.64 Å². The number of aliphatic hydroxyl groups is 1. The molecule has 166 valence electrons. The Kier molecular flexibility index (Phi) is 5.96. The van der Waals surface area contributed by atoms with Crippen molar-refractivity contribution in [1.82, 2.24) is 4.90 Å². The van der Waals surface area contributed by atoms with Gasteiger partial charge in [0.2, 0.25) is 0 Å². The molecular weight excluding hydrogens is 376 g/mol. The first-order valence-corrected chi connectivity index (χ1v) is 12.0. The van der Waals surface area contributed by atoms with Gasteiger partial charge < -0.3 is 19.5 Å². The molecule has 4 saturated carbocycles. The van der Waals surface area contributed by atoms with Crippen LogP contribution in [0.25, 0.3) is 0 Å². The van der Waals surface area contributed by atoms with Crippen LogP contribution in [0.15, 0.2) is 24.3 Å². The molecule has 1 atom stereocenters. The predicted octanol–water partition coefficient (Wildman–Crippen LogP) is 3.41. The first-order valence-electron chi connectivity index (χ1n) is 12.0. The number of β-amino-alcohol motifs (C(OH)–C–C–N with tert-alkyl or cyclic N) is 1. The summed E-state index contributed by atoms with van der Waals surface area (Å²) in [7, 11) is 1.73. The molecule has 1 heterocycles. The maximum absolute atomic E-state index is 10.6. The third-order valence-corrected chi connectivity index (χ3v) is 8.15. The number of methoxy groups -OCH3 is 1. The highest BCUT2D eigenvalue weighted by Crippen LogP contribution is 2.60. The molecule has 0 amide bonds. The Hall–Kier alpha value is -1.30. The molecule has 4 bridgehead atoms. The largest absolute Gasteiger partial charge is 0.495 e. The zero-order valence-corrected chi connectivity index (χ0v) is 18.5. The van der Waals surface area contributed by atoms with E-state index in [1.807, 2.05) is 12.1 Å². The summed E-state index contributed by atoms with van der Waals surface area (Å²) in [5, 5.41) is 10.6. The lowest BCUT2D eigenvalue weighted by Crippen LogP contribution is -2.50. The first-order chi connectivity index (χ1) is 14.6. The highest BCUT2D eigenvalue weighted by atomic mass is 16.5. The number of benzene rings is 1. The van der Waals surface area contributed by atoms with Crippen molar-refractivity contribution < 1.29 is 14.6 Å². The smallest absolute Gasteiger partial charge is 0.142 e. The van der Waals surface area contributed by atoms with E-state index in [4.69, 9.17) is 9.47 Å². The van der Waals surface area contributed by atoms with Crippen molar-refractivity contribution in [3.8, 4) is 5.75 Å². The highest BCUT2D eigenvalue weighted by Gasteiger charge is 2.50. The van der Waals surface area contributed by atoms with E-state index >= 15 is 0 Å². The van der Waals surface area contributed by atoms with Gasteiger partial charge in [0.15, 0.2) is 0 Å². The molecule has 1 aliphatic heterocycles. The van der Waals surface area contributed by atoms with Gasteiger partial charge in [-0.05, 0) is 73.8 Å². The molecule has 6 rings (SSSR count). The van der Waals surface area contributed by atoms with E-state index in [-0.39, 0.29) is 0 Å². The molecular formula is C25H38N2O3. The third-order valence-electron chi connectivity index (χ3n) is 8.15. The molecule has 4 aliphatic carbocycles. The second kappa shape index (κ2) is 8.68. The average molecular weight is 415 g/mol. The van der Waals surface area contributed by atoms with Crippen LogP contribution in [0.1, 0.15) is 38.5 Å². The van der Waals surface area contributed by atoms with Crippen LogP contribution in [0.2, 0.25) is 0 Å². The molecule has 5 heteroatoms. The lowest BCUT2D eigenvalue weighted by molar-refractivity contribution is -0.107. The van der Waals surface area contributed by atoms with Crippen molar-refractivity contribution in [2.24, 2.45) is 23.2 Å². The second-order valence-corrected chi connectivity index (χ2v) is 10.5. The van der Waals surface area contributed by atoms with E-state index < -0.39 is 6.10 Å². The number of hydrogen-bond acceptors (Lipinski definition) is 5. The predicted molar refractivity (Wildman–Crippen MR) is 119 cm³/mol. The fourth-order valence-electron chi connectivity index (χ4n) is 7.29. The fraction of sp³-hybridized carbons (Fsp3) is 0.760. The lowest BCUT2D eigenvalue weighted by atomic mass is 9.50. The van der Waals surface area contributed by atoms with Gasteiger partial charge in [-0.2, -0.15) is 0 Å². The average Bonchev–Trinajstić information content (AvgIpc) is 2.73. The summed E-state index contributed by atoms with van der Waals surface area (Å²) in [6.07, 6.45) is 8.16. The van der Waals surface area contributed by atoms with Gasteiger partial charge in [0, 0.05) is 32.7 Å². The summed E-state index contributed by atoms with van der Waals surface area (Å²) in [6, 6.07) is 8.22. The van der Waals surface area contributed by atoms with E-state index in [1.165, 1.54) is 44.2 Å². The molecule has 5 aliphatic rings. The normalized spacial score (nSPS) is 34.3. The number of ether oxygens (including phenoxy) is 2. The van der Waals surface area contributed by atoms with E-state index in [1.54, 1.807) is 7.11 Å². The van der Waals surface area contributed by atoms with Crippen molar-refractivity contribution in [1.29, 1.82) is 0 Å². The van der Waals surface area contributed by atoms with Crippen LogP contribution in [0.4, 0.5) is 5.69 Å². The monoisotopic (exact) mass is 414 g/mol. The molecule has 1 aromatic rings. The topological polar surface area (TPSA) is 45.2 Å². The zero-order chi connectivity index (χ0) is 20.6. The van der Waals surface area contributed by atoms with Gasteiger partial charge in [-0.3, -0.25) is 4.90 Å². The van der Waals surface area contributed by atoms with Gasteiger partial charge >= 0.3 is 0 Å². The Labute approximate surface area is 181 Å². The Morgan fingerprint density at radius 3 is 2.27 bits per heavy atom. The van der Waals surface area contributed by atoms with Gasteiger partial charge in [0.05, 0.1) is 32.1 Å². The van der Waals surface area contributed by atoms with Crippen LogP contribution >= 0.6 is 0 Å². The van der Waals surface area contributed by atoms with E-state index in [2.05, 4.69) is 21.9 Å². The Bertz CT molecular complexity index is 681. The third kappa shape index (κ3) is 4.35.